The van der Waals surface area contributed by atoms with Gasteiger partial charge in [-0.05, 0) is 32.0 Å². The quantitative estimate of drug-likeness (QED) is 0.216. The van der Waals surface area contributed by atoms with E-state index < -0.39 is 11.7 Å². The average molecular weight is 508 g/mol. The summed E-state index contributed by atoms with van der Waals surface area (Å²) in [5.41, 5.74) is 1.69. The van der Waals surface area contributed by atoms with Crippen LogP contribution in [0.3, 0.4) is 0 Å². The maximum absolute atomic E-state index is 13.0. The van der Waals surface area contributed by atoms with E-state index in [9.17, 15) is 18.0 Å². The Kier molecular flexibility index (Phi) is 9.11. The summed E-state index contributed by atoms with van der Waals surface area (Å²) in [6.45, 7) is 3.98. The average Bonchev–Trinajstić information content (AvgIpc) is 3.14. The molecule has 12 heteroatoms. The predicted molar refractivity (Wildman–Crippen MR) is 114 cm³/mol. The molecular weight excluding hydrogens is 487 g/mol. The minimum atomic E-state index is -4.43. The van der Waals surface area contributed by atoms with Crippen molar-refractivity contribution < 1.29 is 44.4 Å². The number of hydrogen-bond donors (Lipinski definition) is 1. The van der Waals surface area contributed by atoms with Gasteiger partial charge in [0.1, 0.15) is 22.7 Å². The first-order chi connectivity index (χ1) is 14.7. The van der Waals surface area contributed by atoms with Gasteiger partial charge in [0, 0.05) is 11.6 Å². The Labute approximate surface area is 197 Å². The summed E-state index contributed by atoms with van der Waals surface area (Å²) < 4.78 is 51.2. The Bertz CT molecular complexity index is 1090. The summed E-state index contributed by atoms with van der Waals surface area (Å²) in [5.74, 6) is 1.52. The first-order valence-electron chi connectivity index (χ1n) is 9.30. The van der Waals surface area contributed by atoms with E-state index >= 15 is 0 Å². The number of carbonyl (C=O) groups is 1. The van der Waals surface area contributed by atoms with E-state index in [2.05, 4.69) is 9.97 Å². The van der Waals surface area contributed by atoms with Crippen LogP contribution in [-0.2, 0) is 21.5 Å². The second-order valence-corrected chi connectivity index (χ2v) is 8.91. The number of carbonyl (C=O) groups excluding carboxylic acids is 1. The zero-order chi connectivity index (χ0) is 22.6. The number of hydrogen-bond acceptors (Lipinski definition) is 6. The molecule has 6 nitrogen and oxygen atoms in total. The topological polar surface area (TPSA) is 68.1 Å². The minimum absolute atomic E-state index is 0. The fraction of sp³-hybridized carbons (Fsp3) is 0.350. The van der Waals surface area contributed by atoms with Crippen molar-refractivity contribution in [2.45, 2.75) is 25.8 Å². The molecule has 2 aromatic heterocycles. The van der Waals surface area contributed by atoms with Crippen LogP contribution in [0.2, 0.25) is 0 Å². The van der Waals surface area contributed by atoms with Gasteiger partial charge in [-0.1, -0.05) is 26.6 Å². The number of aromatic nitrogens is 3. The molecule has 32 heavy (non-hydrogen) atoms. The van der Waals surface area contributed by atoms with Crippen molar-refractivity contribution in [1.82, 2.24) is 9.97 Å². The van der Waals surface area contributed by atoms with Crippen molar-refractivity contribution in [3.63, 3.8) is 0 Å². The largest absolute Gasteiger partial charge is 1.00 e. The van der Waals surface area contributed by atoms with Gasteiger partial charge in [-0.15, -0.1) is 0 Å². The van der Waals surface area contributed by atoms with E-state index in [4.69, 9.17) is 9.47 Å². The number of imidazole rings is 1. The maximum Gasteiger partial charge on any atom is 0.416 e. The molecule has 174 valence electrons. The van der Waals surface area contributed by atoms with Crippen molar-refractivity contribution in [2.75, 3.05) is 19.5 Å². The number of nitrogens with one attached hydrogen (secondary N) is 1. The highest BCUT2D eigenvalue weighted by molar-refractivity contribution is 8.76. The summed E-state index contributed by atoms with van der Waals surface area (Å²) in [5, 5.41) is 0. The summed E-state index contributed by atoms with van der Waals surface area (Å²) in [6.07, 6.45) is -2.68. The fourth-order valence-corrected chi connectivity index (χ4v) is 4.89. The first-order valence-corrected chi connectivity index (χ1v) is 11.8. The van der Waals surface area contributed by atoms with Gasteiger partial charge < -0.3 is 21.9 Å². The van der Waals surface area contributed by atoms with Crippen LogP contribution in [0.1, 0.15) is 23.7 Å². The summed E-state index contributed by atoms with van der Waals surface area (Å²) in [7, 11) is 4.40. The lowest BCUT2D eigenvalue weighted by Crippen LogP contribution is -3.00. The van der Waals surface area contributed by atoms with Crippen LogP contribution in [0, 0.1) is 6.92 Å². The molecule has 1 aromatic carbocycles. The molecule has 0 saturated heterocycles. The molecular formula is C20H21ClF3N3O3S2. The van der Waals surface area contributed by atoms with Crippen LogP contribution in [0.15, 0.2) is 30.5 Å². The summed E-state index contributed by atoms with van der Waals surface area (Å²) >= 11 is 0. The van der Waals surface area contributed by atoms with E-state index in [-0.39, 0.29) is 24.1 Å². The number of ether oxygens (including phenoxy) is 2. The Hall–Kier alpha value is -2.11. The number of rotatable bonds is 8. The zero-order valence-electron chi connectivity index (χ0n) is 17.5. The lowest BCUT2D eigenvalue weighted by molar-refractivity contribution is -0.610. The molecule has 0 fully saturated rings. The van der Waals surface area contributed by atoms with Gasteiger partial charge in [0.2, 0.25) is 0 Å². The van der Waals surface area contributed by atoms with Crippen molar-refractivity contribution in [1.29, 1.82) is 0 Å². The van der Waals surface area contributed by atoms with E-state index in [1.54, 1.807) is 30.9 Å². The lowest BCUT2D eigenvalue weighted by atomic mass is 10.2. The Balaban J connectivity index is 0.00000363. The second-order valence-electron chi connectivity index (χ2n) is 6.45. The van der Waals surface area contributed by atoms with Crippen LogP contribution in [0.4, 0.5) is 13.2 Å². The van der Waals surface area contributed by atoms with Crippen molar-refractivity contribution in [3.8, 4) is 11.7 Å². The number of aromatic amines is 1. The minimum Gasteiger partial charge on any atom is -1.00 e. The molecule has 0 amide bonds. The number of pyridine rings is 1. The molecule has 1 N–H and O–H groups in total. The van der Waals surface area contributed by atoms with E-state index in [0.29, 0.717) is 35.1 Å². The third kappa shape index (κ3) is 6.02. The number of esters is 1. The number of fused-ring (bicyclic) bond motifs is 1. The molecule has 0 saturated carbocycles. The van der Waals surface area contributed by atoms with Crippen molar-refractivity contribution in [2.24, 2.45) is 0 Å². The monoisotopic (exact) mass is 507 g/mol. The molecule has 3 rings (SSSR count). The van der Waals surface area contributed by atoms with Gasteiger partial charge >= 0.3 is 18.1 Å². The maximum atomic E-state index is 13.0. The number of alkyl halides is 3. The van der Waals surface area contributed by atoms with E-state index in [0.717, 1.165) is 23.4 Å². The molecule has 0 radical (unpaired) electrons. The predicted octanol–water partition coefficient (Wildman–Crippen LogP) is 1.62. The van der Waals surface area contributed by atoms with Crippen LogP contribution < -0.4 is 21.7 Å². The molecule has 3 aromatic rings. The Morgan fingerprint density at radius 1 is 1.25 bits per heavy atom. The highest BCUT2D eigenvalue weighted by Gasteiger charge is 2.32. The number of methoxy groups -OCH3 is 1. The smallest absolute Gasteiger partial charge is 0.416 e. The van der Waals surface area contributed by atoms with Gasteiger partial charge in [0.15, 0.2) is 5.52 Å². The van der Waals surface area contributed by atoms with Gasteiger partial charge in [-0.25, -0.2) is 9.55 Å². The molecule has 0 unspecified atom stereocenters. The molecule has 2 heterocycles. The summed E-state index contributed by atoms with van der Waals surface area (Å²) in [4.78, 5) is 19.0. The molecule has 0 aliphatic rings. The molecule has 0 aliphatic carbocycles. The fourth-order valence-electron chi connectivity index (χ4n) is 2.95. The molecule has 0 atom stereocenters. The van der Waals surface area contributed by atoms with Crippen molar-refractivity contribution >= 4 is 38.6 Å². The van der Waals surface area contributed by atoms with Crippen LogP contribution in [-0.4, -0.2) is 35.4 Å². The van der Waals surface area contributed by atoms with Crippen LogP contribution in [0.25, 0.3) is 17.0 Å². The zero-order valence-corrected chi connectivity index (χ0v) is 19.8. The third-order valence-electron chi connectivity index (χ3n) is 4.47. The summed E-state index contributed by atoms with van der Waals surface area (Å²) in [6, 6.07) is 5.17. The van der Waals surface area contributed by atoms with Crippen LogP contribution >= 0.6 is 21.6 Å². The van der Waals surface area contributed by atoms with Gasteiger partial charge in [0.05, 0.1) is 31.2 Å². The molecule has 0 spiro atoms. The van der Waals surface area contributed by atoms with Gasteiger partial charge in [-0.3, -0.25) is 4.79 Å². The van der Waals surface area contributed by atoms with Gasteiger partial charge in [-0.2, -0.15) is 13.2 Å². The number of halogens is 4. The Morgan fingerprint density at radius 3 is 2.66 bits per heavy atom. The molecule has 0 aliphatic heterocycles. The standard InChI is InChI=1S/C20H21F3N3O3S2.ClH/c1-4-29-18(27)11-31-30-10-16-12(2)17(28-3)7-8-26(16)19-24-14-6-5-13(20(21,22)23)9-15(14)25-19;/h5-9H,4,10-11H2,1-3H3,(H,24,25);1H/q+1;/p-1. The number of benzene rings is 1. The van der Waals surface area contributed by atoms with Crippen LogP contribution in [0.5, 0.6) is 5.75 Å². The lowest BCUT2D eigenvalue weighted by Gasteiger charge is -2.12. The number of nitrogens with zero attached hydrogens (tertiary/aromatic N) is 2. The SMILES string of the molecule is CCOC(=O)CSSCc1c(C)c(OC)cc[n+]1-c1nc2ccc(C(F)(F)F)cc2[nH]1.[Cl-]. The van der Waals surface area contributed by atoms with E-state index in [1.165, 1.54) is 27.7 Å². The number of H-pyrrole nitrogens is 1. The highest BCUT2D eigenvalue weighted by Crippen LogP contribution is 2.32. The highest BCUT2D eigenvalue weighted by atomic mass is 35.5. The second kappa shape index (κ2) is 11.2. The van der Waals surface area contributed by atoms with Crippen molar-refractivity contribution in [3.05, 3.63) is 47.3 Å². The molecule has 0 bridgehead atoms. The normalized spacial score (nSPS) is 11.3. The Morgan fingerprint density at radius 2 is 2.00 bits per heavy atom. The first kappa shape index (κ1) is 26.1. The van der Waals surface area contributed by atoms with Gasteiger partial charge in [0.25, 0.3) is 0 Å². The third-order valence-corrected chi connectivity index (χ3v) is 6.59. The van der Waals surface area contributed by atoms with E-state index in [1.807, 2.05) is 6.92 Å².